The number of nitrogens with zero attached hydrogens (tertiary/aromatic N) is 3. The van der Waals surface area contributed by atoms with Crippen molar-refractivity contribution >= 4 is 17.5 Å². The summed E-state index contributed by atoms with van der Waals surface area (Å²) in [7, 11) is 1.63. The second kappa shape index (κ2) is 9.96. The zero-order valence-corrected chi connectivity index (χ0v) is 15.9. The van der Waals surface area contributed by atoms with Crippen molar-refractivity contribution in [3.63, 3.8) is 0 Å². The fourth-order valence-corrected chi connectivity index (χ4v) is 2.43. The average molecular weight is 381 g/mol. The number of methoxy groups -OCH3 is 1. The van der Waals surface area contributed by atoms with E-state index in [1.165, 1.54) is 0 Å². The fourth-order valence-electron chi connectivity index (χ4n) is 2.43. The van der Waals surface area contributed by atoms with E-state index < -0.39 is 0 Å². The summed E-state index contributed by atoms with van der Waals surface area (Å²) >= 11 is 0. The van der Waals surface area contributed by atoms with Crippen LogP contribution < -0.4 is 24.8 Å². The molecule has 0 saturated carbocycles. The van der Waals surface area contributed by atoms with Crippen molar-refractivity contribution < 1.29 is 14.2 Å². The van der Waals surface area contributed by atoms with Gasteiger partial charge in [-0.1, -0.05) is 12.1 Å². The first-order valence-corrected chi connectivity index (χ1v) is 8.98. The number of hydrogen-bond acceptors (Lipinski definition) is 8. The smallest absolute Gasteiger partial charge is 0.249 e. The van der Waals surface area contributed by atoms with Crippen LogP contribution in [0.1, 0.15) is 6.92 Å². The number of anilines is 3. The molecule has 8 heteroatoms. The molecule has 3 aromatic rings. The second-order valence-corrected chi connectivity index (χ2v) is 5.67. The molecule has 0 bridgehead atoms. The molecule has 0 aliphatic heterocycles. The van der Waals surface area contributed by atoms with E-state index >= 15 is 0 Å². The summed E-state index contributed by atoms with van der Waals surface area (Å²) in [5, 5.41) is 14.3. The molecule has 28 heavy (non-hydrogen) atoms. The molecule has 0 unspecified atom stereocenters. The zero-order chi connectivity index (χ0) is 19.6. The highest BCUT2D eigenvalue weighted by molar-refractivity contribution is 5.62. The van der Waals surface area contributed by atoms with Gasteiger partial charge >= 0.3 is 0 Å². The van der Waals surface area contributed by atoms with E-state index in [4.69, 9.17) is 14.2 Å². The third-order valence-electron chi connectivity index (χ3n) is 3.73. The third kappa shape index (κ3) is 5.47. The number of hydrogen-bond donors (Lipinski definition) is 2. The predicted octanol–water partition coefficient (Wildman–Crippen LogP) is 3.51. The Kier molecular flexibility index (Phi) is 6.84. The highest BCUT2D eigenvalue weighted by atomic mass is 16.5. The maximum Gasteiger partial charge on any atom is 0.249 e. The van der Waals surface area contributed by atoms with Crippen LogP contribution in [0.5, 0.6) is 17.2 Å². The lowest BCUT2D eigenvalue weighted by Crippen LogP contribution is -2.13. The van der Waals surface area contributed by atoms with Crippen LogP contribution in [0.4, 0.5) is 17.5 Å². The van der Waals surface area contributed by atoms with E-state index in [2.05, 4.69) is 25.8 Å². The van der Waals surface area contributed by atoms with Gasteiger partial charge < -0.3 is 24.8 Å². The quantitative estimate of drug-likeness (QED) is 0.516. The standard InChI is InChI=1S/C20H23N5O3/c1-3-27-18-7-5-4-6-17(18)23-20-24-19(14-22-25-20)21-12-13-28-16-10-8-15(26-2)9-11-16/h4-11,14H,3,12-13H2,1-2H3,(H2,21,23,24,25). The van der Waals surface area contributed by atoms with Crippen LogP contribution in [0.2, 0.25) is 0 Å². The van der Waals surface area contributed by atoms with Crippen LogP contribution in [0.15, 0.2) is 54.7 Å². The van der Waals surface area contributed by atoms with Crippen molar-refractivity contribution in [1.29, 1.82) is 0 Å². The van der Waals surface area contributed by atoms with Crippen molar-refractivity contribution in [3.05, 3.63) is 54.7 Å². The van der Waals surface area contributed by atoms with Crippen LogP contribution in [0, 0.1) is 0 Å². The monoisotopic (exact) mass is 381 g/mol. The fraction of sp³-hybridized carbons (Fsp3) is 0.250. The molecule has 0 radical (unpaired) electrons. The van der Waals surface area contributed by atoms with Crippen LogP contribution in [0.3, 0.4) is 0 Å². The van der Waals surface area contributed by atoms with Crippen LogP contribution >= 0.6 is 0 Å². The number of para-hydroxylation sites is 2. The lowest BCUT2D eigenvalue weighted by molar-refractivity contribution is 0.331. The predicted molar refractivity (Wildman–Crippen MR) is 108 cm³/mol. The molecular formula is C20H23N5O3. The van der Waals surface area contributed by atoms with E-state index in [1.807, 2.05) is 55.5 Å². The summed E-state index contributed by atoms with van der Waals surface area (Å²) < 4.78 is 16.4. The molecule has 0 aliphatic rings. The van der Waals surface area contributed by atoms with Gasteiger partial charge in [-0.25, -0.2) is 0 Å². The minimum Gasteiger partial charge on any atom is -0.497 e. The van der Waals surface area contributed by atoms with Crippen LogP contribution in [-0.4, -0.2) is 42.0 Å². The molecule has 2 aromatic carbocycles. The van der Waals surface area contributed by atoms with Crippen molar-refractivity contribution in [3.8, 4) is 17.2 Å². The van der Waals surface area contributed by atoms with Gasteiger partial charge in [-0.15, -0.1) is 5.10 Å². The number of aromatic nitrogens is 3. The van der Waals surface area contributed by atoms with Gasteiger partial charge in [0.05, 0.1) is 32.1 Å². The summed E-state index contributed by atoms with van der Waals surface area (Å²) in [6.07, 6.45) is 1.56. The Balaban J connectivity index is 1.52. The zero-order valence-electron chi connectivity index (χ0n) is 15.9. The molecule has 3 rings (SSSR count). The van der Waals surface area contributed by atoms with Crippen molar-refractivity contribution in [2.24, 2.45) is 0 Å². The largest absolute Gasteiger partial charge is 0.497 e. The summed E-state index contributed by atoms with van der Waals surface area (Å²) in [6, 6.07) is 15.1. The summed E-state index contributed by atoms with van der Waals surface area (Å²) in [4.78, 5) is 4.41. The Morgan fingerprint density at radius 1 is 0.964 bits per heavy atom. The van der Waals surface area contributed by atoms with Crippen molar-refractivity contribution in [1.82, 2.24) is 15.2 Å². The van der Waals surface area contributed by atoms with E-state index in [0.717, 1.165) is 22.9 Å². The third-order valence-corrected chi connectivity index (χ3v) is 3.73. The molecule has 0 fully saturated rings. The molecular weight excluding hydrogens is 358 g/mol. The number of nitrogens with one attached hydrogen (secondary N) is 2. The van der Waals surface area contributed by atoms with E-state index in [-0.39, 0.29) is 0 Å². The van der Waals surface area contributed by atoms with Crippen molar-refractivity contribution in [2.45, 2.75) is 6.92 Å². The van der Waals surface area contributed by atoms with Crippen LogP contribution in [-0.2, 0) is 0 Å². The lowest BCUT2D eigenvalue weighted by atomic mass is 10.3. The van der Waals surface area contributed by atoms with Crippen LogP contribution in [0.25, 0.3) is 0 Å². The van der Waals surface area contributed by atoms with Gasteiger partial charge in [0.25, 0.3) is 0 Å². The summed E-state index contributed by atoms with van der Waals surface area (Å²) in [5.74, 6) is 3.29. The van der Waals surface area contributed by atoms with E-state index in [1.54, 1.807) is 13.3 Å². The van der Waals surface area contributed by atoms with E-state index in [0.29, 0.717) is 31.5 Å². The van der Waals surface area contributed by atoms with E-state index in [9.17, 15) is 0 Å². The summed E-state index contributed by atoms with van der Waals surface area (Å²) in [5.41, 5.74) is 0.783. The Hall–Kier alpha value is -3.55. The van der Waals surface area contributed by atoms with Crippen molar-refractivity contribution in [2.75, 3.05) is 37.5 Å². The number of benzene rings is 2. The Morgan fingerprint density at radius 3 is 2.54 bits per heavy atom. The van der Waals surface area contributed by atoms with Gasteiger partial charge in [0.1, 0.15) is 23.9 Å². The number of ether oxygens (including phenoxy) is 3. The molecule has 0 saturated heterocycles. The highest BCUT2D eigenvalue weighted by Crippen LogP contribution is 2.26. The maximum atomic E-state index is 5.68. The first-order valence-electron chi connectivity index (χ1n) is 8.98. The molecule has 2 N–H and O–H groups in total. The van der Waals surface area contributed by atoms with Gasteiger partial charge in [0.2, 0.25) is 5.95 Å². The normalized spacial score (nSPS) is 10.2. The SMILES string of the molecule is CCOc1ccccc1Nc1nncc(NCCOc2ccc(OC)cc2)n1. The first-order chi connectivity index (χ1) is 13.8. The number of rotatable bonds is 10. The van der Waals surface area contributed by atoms with Gasteiger partial charge in [-0.05, 0) is 43.3 Å². The van der Waals surface area contributed by atoms with Gasteiger partial charge in [0.15, 0.2) is 5.82 Å². The molecule has 0 spiro atoms. The Labute approximate surface area is 163 Å². The maximum absolute atomic E-state index is 5.68. The van der Waals surface area contributed by atoms with Gasteiger partial charge in [-0.3, -0.25) is 0 Å². The molecule has 0 amide bonds. The second-order valence-electron chi connectivity index (χ2n) is 5.67. The van der Waals surface area contributed by atoms with Gasteiger partial charge in [-0.2, -0.15) is 10.1 Å². The average Bonchev–Trinajstić information content (AvgIpc) is 2.74. The minimum atomic E-state index is 0.383. The topological polar surface area (TPSA) is 90.4 Å². The van der Waals surface area contributed by atoms with Gasteiger partial charge in [0, 0.05) is 0 Å². The minimum absolute atomic E-state index is 0.383. The molecule has 0 atom stereocenters. The molecule has 8 nitrogen and oxygen atoms in total. The molecule has 0 aliphatic carbocycles. The Bertz CT molecular complexity index is 874. The Morgan fingerprint density at radius 2 is 1.75 bits per heavy atom. The molecule has 1 heterocycles. The molecule has 1 aromatic heterocycles. The first kappa shape index (κ1) is 19.2. The molecule has 146 valence electrons. The summed E-state index contributed by atoms with van der Waals surface area (Å²) in [6.45, 7) is 3.56. The lowest BCUT2D eigenvalue weighted by Gasteiger charge is -2.12. The highest BCUT2D eigenvalue weighted by Gasteiger charge is 2.06.